The highest BCUT2D eigenvalue weighted by Crippen LogP contribution is 2.23. The first kappa shape index (κ1) is 17.0. The van der Waals surface area contributed by atoms with Gasteiger partial charge in [0, 0.05) is 18.8 Å². The first-order valence-corrected chi connectivity index (χ1v) is 7.72. The van der Waals surface area contributed by atoms with E-state index in [0.29, 0.717) is 11.8 Å². The molecule has 2 aromatic heterocycles. The summed E-state index contributed by atoms with van der Waals surface area (Å²) >= 11 is 0. The van der Waals surface area contributed by atoms with E-state index in [1.165, 1.54) is 0 Å². The van der Waals surface area contributed by atoms with Gasteiger partial charge in [-0.25, -0.2) is 9.97 Å². The lowest BCUT2D eigenvalue weighted by atomic mass is 10.1. The summed E-state index contributed by atoms with van der Waals surface area (Å²) in [4.78, 5) is 12.9. The molecule has 3 N–H and O–H groups in total. The largest absolute Gasteiger partial charge is 0.481 e. The van der Waals surface area contributed by atoms with E-state index >= 15 is 0 Å². The van der Waals surface area contributed by atoms with Gasteiger partial charge in [0.25, 0.3) is 0 Å². The van der Waals surface area contributed by atoms with E-state index in [9.17, 15) is 0 Å². The van der Waals surface area contributed by atoms with Gasteiger partial charge in [0.1, 0.15) is 5.82 Å². The summed E-state index contributed by atoms with van der Waals surface area (Å²) in [5, 5.41) is 9.32. The fraction of sp³-hybridized carbons (Fsp3) is 0.438. The first-order chi connectivity index (χ1) is 11.3. The maximum absolute atomic E-state index is 5.35. The molecule has 2 rings (SSSR count). The molecule has 7 nitrogen and oxygen atoms in total. The normalized spacial score (nSPS) is 10.4. The Morgan fingerprint density at radius 1 is 1.17 bits per heavy atom. The fourth-order valence-electron chi connectivity index (χ4n) is 2.23. The Hall–Kier alpha value is -2.41. The van der Waals surface area contributed by atoms with Crippen LogP contribution in [-0.4, -0.2) is 42.7 Å². The van der Waals surface area contributed by atoms with Crippen molar-refractivity contribution in [3.63, 3.8) is 0 Å². The number of methoxy groups -OCH3 is 1. The molecule has 23 heavy (non-hydrogen) atoms. The number of rotatable bonds is 9. The molecule has 2 aromatic rings. The van der Waals surface area contributed by atoms with E-state index in [1.807, 2.05) is 26.2 Å². The molecule has 2 heterocycles. The van der Waals surface area contributed by atoms with Crippen molar-refractivity contribution >= 4 is 17.5 Å². The molecule has 0 aromatic carbocycles. The number of nitrogens with one attached hydrogen (secondary N) is 3. The molecule has 0 atom stereocenters. The summed E-state index contributed by atoms with van der Waals surface area (Å²) in [6.07, 6.45) is 6.55. The van der Waals surface area contributed by atoms with Crippen molar-refractivity contribution in [2.75, 3.05) is 38.4 Å². The van der Waals surface area contributed by atoms with E-state index in [2.05, 4.69) is 30.9 Å². The van der Waals surface area contributed by atoms with Gasteiger partial charge in [0.15, 0.2) is 0 Å². The molecule has 7 heteroatoms. The number of nitrogens with zero attached hydrogens (tertiary/aromatic N) is 3. The van der Waals surface area contributed by atoms with E-state index in [0.717, 1.165) is 42.9 Å². The van der Waals surface area contributed by atoms with Gasteiger partial charge in [0.2, 0.25) is 11.8 Å². The number of hydrogen-bond donors (Lipinski definition) is 3. The van der Waals surface area contributed by atoms with Gasteiger partial charge in [-0.3, -0.25) is 0 Å². The van der Waals surface area contributed by atoms with Crippen LogP contribution in [0.5, 0.6) is 5.88 Å². The second-order valence-corrected chi connectivity index (χ2v) is 5.09. The first-order valence-electron chi connectivity index (χ1n) is 7.72. The van der Waals surface area contributed by atoms with E-state index in [1.54, 1.807) is 19.5 Å². The second-order valence-electron chi connectivity index (χ2n) is 5.09. The number of pyridine rings is 1. The molecule has 0 fully saturated rings. The molecular weight excluding hydrogens is 292 g/mol. The van der Waals surface area contributed by atoms with Crippen LogP contribution in [-0.2, 0) is 6.42 Å². The monoisotopic (exact) mass is 316 g/mol. The number of anilines is 3. The lowest BCUT2D eigenvalue weighted by Crippen LogP contribution is -2.08. The van der Waals surface area contributed by atoms with Gasteiger partial charge in [-0.15, -0.1) is 0 Å². The Bertz CT molecular complexity index is 619. The molecule has 0 spiro atoms. The molecule has 0 unspecified atom stereocenters. The van der Waals surface area contributed by atoms with Crippen LogP contribution in [0.4, 0.5) is 17.5 Å². The molecule has 0 aliphatic rings. The summed E-state index contributed by atoms with van der Waals surface area (Å²) in [6, 6.07) is 3.85. The van der Waals surface area contributed by atoms with Crippen LogP contribution in [0, 0.1) is 0 Å². The number of aryl methyl sites for hydroxylation is 1. The molecule has 0 saturated carbocycles. The maximum atomic E-state index is 5.35. The second kappa shape index (κ2) is 8.89. The molecular formula is C16H24N6O. The summed E-state index contributed by atoms with van der Waals surface area (Å²) in [6.45, 7) is 1.01. The van der Waals surface area contributed by atoms with Crippen molar-refractivity contribution in [3.05, 3.63) is 30.1 Å². The van der Waals surface area contributed by atoms with Crippen molar-refractivity contribution in [2.24, 2.45) is 0 Å². The summed E-state index contributed by atoms with van der Waals surface area (Å²) in [5.41, 5.74) is 1.93. The highest BCUT2D eigenvalue weighted by atomic mass is 16.5. The lowest BCUT2D eigenvalue weighted by molar-refractivity contribution is 0.392. The van der Waals surface area contributed by atoms with Crippen molar-refractivity contribution in [2.45, 2.75) is 19.3 Å². The zero-order valence-electron chi connectivity index (χ0n) is 13.9. The van der Waals surface area contributed by atoms with E-state index in [4.69, 9.17) is 4.74 Å². The quantitative estimate of drug-likeness (QED) is 0.612. The Kier molecular flexibility index (Phi) is 6.56. The van der Waals surface area contributed by atoms with Gasteiger partial charge in [-0.2, -0.15) is 4.98 Å². The summed E-state index contributed by atoms with van der Waals surface area (Å²) in [7, 11) is 5.43. The van der Waals surface area contributed by atoms with Gasteiger partial charge < -0.3 is 20.7 Å². The number of unbranched alkanes of at least 4 members (excludes halogenated alkanes) is 1. The maximum Gasteiger partial charge on any atom is 0.229 e. The summed E-state index contributed by atoms with van der Waals surface area (Å²) < 4.78 is 5.35. The lowest BCUT2D eigenvalue weighted by Gasteiger charge is -2.11. The Morgan fingerprint density at radius 3 is 2.78 bits per heavy atom. The minimum atomic E-state index is 0.532. The van der Waals surface area contributed by atoms with Crippen LogP contribution >= 0.6 is 0 Å². The van der Waals surface area contributed by atoms with Crippen LogP contribution in [0.2, 0.25) is 0 Å². The molecule has 0 amide bonds. The van der Waals surface area contributed by atoms with E-state index in [-0.39, 0.29) is 0 Å². The molecule has 0 radical (unpaired) electrons. The van der Waals surface area contributed by atoms with Gasteiger partial charge in [-0.1, -0.05) is 0 Å². The summed E-state index contributed by atoms with van der Waals surface area (Å²) in [5.74, 6) is 1.96. The predicted molar refractivity (Wildman–Crippen MR) is 92.5 cm³/mol. The molecule has 0 saturated heterocycles. The van der Waals surface area contributed by atoms with Gasteiger partial charge in [0.05, 0.1) is 19.0 Å². The fourth-order valence-corrected chi connectivity index (χ4v) is 2.23. The number of ether oxygens (including phenoxy) is 1. The third-order valence-electron chi connectivity index (χ3n) is 3.41. The Balaban J connectivity index is 2.09. The zero-order valence-corrected chi connectivity index (χ0v) is 13.9. The van der Waals surface area contributed by atoms with Crippen LogP contribution < -0.4 is 20.7 Å². The smallest absolute Gasteiger partial charge is 0.229 e. The average molecular weight is 316 g/mol. The topological polar surface area (TPSA) is 84.0 Å². The van der Waals surface area contributed by atoms with Crippen molar-refractivity contribution in [3.8, 4) is 5.88 Å². The SMILES string of the molecule is CNCCCCc1cc(Nc2nccc(NC)n2)cnc1OC. The van der Waals surface area contributed by atoms with Crippen LogP contribution in [0.1, 0.15) is 18.4 Å². The molecule has 0 aliphatic carbocycles. The van der Waals surface area contributed by atoms with Crippen LogP contribution in [0.3, 0.4) is 0 Å². The Labute approximate surface area is 136 Å². The average Bonchev–Trinajstić information content (AvgIpc) is 2.59. The standard InChI is InChI=1S/C16H24N6O/c1-17-8-5-4-6-12-10-13(11-20-15(12)23-3)21-16-19-9-7-14(18-2)22-16/h7,9-11,17H,4-6,8H2,1-3H3,(H2,18,19,21,22). The van der Waals surface area contributed by atoms with Crippen molar-refractivity contribution < 1.29 is 4.74 Å². The third kappa shape index (κ3) is 5.07. The predicted octanol–water partition coefficient (Wildman–Crippen LogP) is 2.21. The van der Waals surface area contributed by atoms with E-state index < -0.39 is 0 Å². The van der Waals surface area contributed by atoms with Crippen molar-refractivity contribution in [1.82, 2.24) is 20.3 Å². The molecule has 124 valence electrons. The third-order valence-corrected chi connectivity index (χ3v) is 3.41. The zero-order chi connectivity index (χ0) is 16.5. The minimum absolute atomic E-state index is 0.532. The van der Waals surface area contributed by atoms with Crippen molar-refractivity contribution in [1.29, 1.82) is 0 Å². The van der Waals surface area contributed by atoms with Crippen LogP contribution in [0.15, 0.2) is 24.5 Å². The highest BCUT2D eigenvalue weighted by Gasteiger charge is 2.07. The number of aromatic nitrogens is 3. The number of hydrogen-bond acceptors (Lipinski definition) is 7. The highest BCUT2D eigenvalue weighted by molar-refractivity contribution is 5.55. The van der Waals surface area contributed by atoms with Crippen LogP contribution in [0.25, 0.3) is 0 Å². The minimum Gasteiger partial charge on any atom is -0.481 e. The van der Waals surface area contributed by atoms with Gasteiger partial charge >= 0.3 is 0 Å². The molecule has 0 bridgehead atoms. The van der Waals surface area contributed by atoms with Gasteiger partial charge in [-0.05, 0) is 45.0 Å². The Morgan fingerprint density at radius 2 is 2.04 bits per heavy atom. The molecule has 0 aliphatic heterocycles.